The standard InChI is InChI=1S/C17H18ClN3O/c18-16-5-3-14(4-6-16)13-20-8-10-21(11-9-20)17(22)15-2-1-7-19-12-15/h1-7,12H,8-11,13H2. The van der Waals surface area contributed by atoms with E-state index in [-0.39, 0.29) is 5.91 Å². The minimum atomic E-state index is 0.0687. The van der Waals surface area contributed by atoms with Crippen LogP contribution in [0.5, 0.6) is 0 Å². The number of amides is 1. The van der Waals surface area contributed by atoms with Crippen LogP contribution >= 0.6 is 11.6 Å². The molecule has 2 heterocycles. The van der Waals surface area contributed by atoms with Crippen molar-refractivity contribution in [1.82, 2.24) is 14.8 Å². The Kier molecular flexibility index (Phi) is 4.71. The van der Waals surface area contributed by atoms with E-state index in [1.807, 2.05) is 23.1 Å². The molecule has 1 aromatic carbocycles. The van der Waals surface area contributed by atoms with Crippen molar-refractivity contribution in [3.05, 3.63) is 64.9 Å². The summed E-state index contributed by atoms with van der Waals surface area (Å²) in [6, 6.07) is 11.5. The van der Waals surface area contributed by atoms with E-state index >= 15 is 0 Å². The molecule has 0 N–H and O–H groups in total. The van der Waals surface area contributed by atoms with Gasteiger partial charge in [0.2, 0.25) is 0 Å². The summed E-state index contributed by atoms with van der Waals surface area (Å²) in [6.07, 6.45) is 3.31. The van der Waals surface area contributed by atoms with Gasteiger partial charge in [-0.05, 0) is 29.8 Å². The molecule has 0 saturated carbocycles. The molecule has 0 radical (unpaired) electrons. The quantitative estimate of drug-likeness (QED) is 0.874. The smallest absolute Gasteiger partial charge is 0.255 e. The number of halogens is 1. The number of nitrogens with zero attached hydrogens (tertiary/aromatic N) is 3. The van der Waals surface area contributed by atoms with Gasteiger partial charge in [0.15, 0.2) is 0 Å². The molecule has 1 aliphatic heterocycles. The summed E-state index contributed by atoms with van der Waals surface area (Å²) >= 11 is 5.90. The van der Waals surface area contributed by atoms with Gasteiger partial charge in [-0.15, -0.1) is 0 Å². The lowest BCUT2D eigenvalue weighted by atomic mass is 10.2. The Bertz CT molecular complexity index is 622. The zero-order chi connectivity index (χ0) is 15.4. The van der Waals surface area contributed by atoms with Crippen LogP contribution in [0.25, 0.3) is 0 Å². The van der Waals surface area contributed by atoms with Crippen LogP contribution in [0.3, 0.4) is 0 Å². The van der Waals surface area contributed by atoms with E-state index in [1.54, 1.807) is 18.5 Å². The molecule has 0 atom stereocenters. The van der Waals surface area contributed by atoms with Gasteiger partial charge in [0.1, 0.15) is 0 Å². The molecule has 1 aromatic heterocycles. The van der Waals surface area contributed by atoms with Crippen LogP contribution in [0.4, 0.5) is 0 Å². The molecule has 1 amide bonds. The predicted octanol–water partition coefficient (Wildman–Crippen LogP) is 2.69. The van der Waals surface area contributed by atoms with Crippen LogP contribution < -0.4 is 0 Å². The number of hydrogen-bond acceptors (Lipinski definition) is 3. The van der Waals surface area contributed by atoms with Crippen molar-refractivity contribution in [2.75, 3.05) is 26.2 Å². The van der Waals surface area contributed by atoms with Crippen LogP contribution in [0, 0.1) is 0 Å². The SMILES string of the molecule is O=C(c1cccnc1)N1CCN(Cc2ccc(Cl)cc2)CC1. The Morgan fingerprint density at radius 2 is 1.82 bits per heavy atom. The second-order valence-electron chi connectivity index (χ2n) is 5.44. The highest BCUT2D eigenvalue weighted by Crippen LogP contribution is 2.14. The molecule has 4 nitrogen and oxygen atoms in total. The fraction of sp³-hybridized carbons (Fsp3) is 0.294. The highest BCUT2D eigenvalue weighted by molar-refractivity contribution is 6.30. The zero-order valence-corrected chi connectivity index (χ0v) is 13.0. The Labute approximate surface area is 135 Å². The van der Waals surface area contributed by atoms with Crippen molar-refractivity contribution in [2.45, 2.75) is 6.54 Å². The van der Waals surface area contributed by atoms with Gasteiger partial charge in [0, 0.05) is 50.1 Å². The topological polar surface area (TPSA) is 36.4 Å². The molecule has 2 aromatic rings. The maximum absolute atomic E-state index is 12.4. The lowest BCUT2D eigenvalue weighted by Crippen LogP contribution is -2.48. The maximum Gasteiger partial charge on any atom is 0.255 e. The van der Waals surface area contributed by atoms with E-state index in [1.165, 1.54) is 5.56 Å². The summed E-state index contributed by atoms with van der Waals surface area (Å²) in [6.45, 7) is 4.16. The van der Waals surface area contributed by atoms with Crippen molar-refractivity contribution in [3.8, 4) is 0 Å². The predicted molar refractivity (Wildman–Crippen MR) is 86.9 cm³/mol. The number of aromatic nitrogens is 1. The third-order valence-electron chi connectivity index (χ3n) is 3.89. The van der Waals surface area contributed by atoms with E-state index in [0.717, 1.165) is 37.7 Å². The van der Waals surface area contributed by atoms with E-state index < -0.39 is 0 Å². The summed E-state index contributed by atoms with van der Waals surface area (Å²) in [4.78, 5) is 20.6. The molecule has 22 heavy (non-hydrogen) atoms. The average Bonchev–Trinajstić information content (AvgIpc) is 2.58. The molecule has 1 aliphatic rings. The summed E-state index contributed by atoms with van der Waals surface area (Å²) in [5, 5.41) is 0.760. The first kappa shape index (κ1) is 15.0. The Morgan fingerprint density at radius 1 is 1.09 bits per heavy atom. The first-order chi connectivity index (χ1) is 10.7. The molecule has 1 saturated heterocycles. The van der Waals surface area contributed by atoms with Gasteiger partial charge in [-0.2, -0.15) is 0 Å². The summed E-state index contributed by atoms with van der Waals surface area (Å²) in [5.74, 6) is 0.0687. The van der Waals surface area contributed by atoms with Crippen molar-refractivity contribution in [1.29, 1.82) is 0 Å². The largest absolute Gasteiger partial charge is 0.336 e. The fourth-order valence-electron chi connectivity index (χ4n) is 2.63. The van der Waals surface area contributed by atoms with Crippen LogP contribution in [0.1, 0.15) is 15.9 Å². The number of rotatable bonds is 3. The minimum Gasteiger partial charge on any atom is -0.336 e. The van der Waals surface area contributed by atoms with Crippen molar-refractivity contribution in [3.63, 3.8) is 0 Å². The fourth-order valence-corrected chi connectivity index (χ4v) is 2.75. The zero-order valence-electron chi connectivity index (χ0n) is 12.3. The summed E-state index contributed by atoms with van der Waals surface area (Å²) in [5.41, 5.74) is 1.91. The minimum absolute atomic E-state index is 0.0687. The molecule has 5 heteroatoms. The second kappa shape index (κ2) is 6.90. The lowest BCUT2D eigenvalue weighted by Gasteiger charge is -2.34. The number of carbonyl (C=O) groups is 1. The monoisotopic (exact) mass is 315 g/mol. The van der Waals surface area contributed by atoms with Gasteiger partial charge in [-0.3, -0.25) is 14.7 Å². The van der Waals surface area contributed by atoms with Crippen LogP contribution in [-0.2, 0) is 6.54 Å². The molecule has 1 fully saturated rings. The molecule has 0 aliphatic carbocycles. The second-order valence-corrected chi connectivity index (χ2v) is 5.87. The van der Waals surface area contributed by atoms with Gasteiger partial charge >= 0.3 is 0 Å². The van der Waals surface area contributed by atoms with Gasteiger partial charge in [-0.25, -0.2) is 0 Å². The van der Waals surface area contributed by atoms with Gasteiger partial charge in [-0.1, -0.05) is 23.7 Å². The molecular weight excluding hydrogens is 298 g/mol. The number of pyridine rings is 1. The van der Waals surface area contributed by atoms with E-state index in [0.29, 0.717) is 5.56 Å². The highest BCUT2D eigenvalue weighted by Gasteiger charge is 2.22. The van der Waals surface area contributed by atoms with E-state index in [2.05, 4.69) is 22.0 Å². The van der Waals surface area contributed by atoms with Crippen LogP contribution in [0.15, 0.2) is 48.8 Å². The van der Waals surface area contributed by atoms with Gasteiger partial charge < -0.3 is 4.90 Å². The first-order valence-corrected chi connectivity index (χ1v) is 7.76. The Balaban J connectivity index is 1.54. The number of piperazine rings is 1. The molecule has 3 rings (SSSR count). The maximum atomic E-state index is 12.4. The summed E-state index contributed by atoms with van der Waals surface area (Å²) in [7, 11) is 0. The lowest BCUT2D eigenvalue weighted by molar-refractivity contribution is 0.0628. The van der Waals surface area contributed by atoms with Gasteiger partial charge in [0.05, 0.1) is 5.56 Å². The van der Waals surface area contributed by atoms with Crippen molar-refractivity contribution in [2.24, 2.45) is 0 Å². The molecule has 0 bridgehead atoms. The number of benzene rings is 1. The molecule has 0 spiro atoms. The Hall–Kier alpha value is -1.91. The van der Waals surface area contributed by atoms with Crippen LogP contribution in [0.2, 0.25) is 5.02 Å². The number of hydrogen-bond donors (Lipinski definition) is 0. The highest BCUT2D eigenvalue weighted by atomic mass is 35.5. The van der Waals surface area contributed by atoms with E-state index in [4.69, 9.17) is 11.6 Å². The first-order valence-electron chi connectivity index (χ1n) is 7.38. The van der Waals surface area contributed by atoms with Crippen LogP contribution in [-0.4, -0.2) is 46.9 Å². The Morgan fingerprint density at radius 3 is 2.45 bits per heavy atom. The van der Waals surface area contributed by atoms with Gasteiger partial charge in [0.25, 0.3) is 5.91 Å². The average molecular weight is 316 g/mol. The normalized spacial score (nSPS) is 15.8. The third kappa shape index (κ3) is 3.64. The van der Waals surface area contributed by atoms with E-state index in [9.17, 15) is 4.79 Å². The van der Waals surface area contributed by atoms with Crippen molar-refractivity contribution >= 4 is 17.5 Å². The molecule has 0 unspecified atom stereocenters. The van der Waals surface area contributed by atoms with Crippen molar-refractivity contribution < 1.29 is 4.79 Å². The molecular formula is C17H18ClN3O. The summed E-state index contributed by atoms with van der Waals surface area (Å²) < 4.78 is 0. The number of carbonyl (C=O) groups excluding carboxylic acids is 1. The third-order valence-corrected chi connectivity index (χ3v) is 4.14. The molecule has 114 valence electrons.